The molecule has 0 atom stereocenters. The van der Waals surface area contributed by atoms with Gasteiger partial charge >= 0.3 is 5.97 Å². The number of rotatable bonds is 6. The van der Waals surface area contributed by atoms with Gasteiger partial charge in [-0.3, -0.25) is 9.40 Å². The van der Waals surface area contributed by atoms with E-state index in [1.807, 2.05) is 30.3 Å². The summed E-state index contributed by atoms with van der Waals surface area (Å²) in [5.74, 6) is -1.22. The van der Waals surface area contributed by atoms with E-state index < -0.39 is 16.0 Å². The lowest BCUT2D eigenvalue weighted by Crippen LogP contribution is -2.13. The van der Waals surface area contributed by atoms with Crippen LogP contribution in [0.25, 0.3) is 0 Å². The fourth-order valence-corrected chi connectivity index (χ4v) is 3.79. The van der Waals surface area contributed by atoms with Crippen molar-refractivity contribution in [2.24, 2.45) is 0 Å². The number of aromatic carboxylic acids is 1. The number of anilines is 1. The number of benzene rings is 2. The SMILES string of the molecule is O=C(O)c1cc(S(=O)(=O)Nc2cnn(Cc3ccccc3)c2)ccc1Br. The summed E-state index contributed by atoms with van der Waals surface area (Å²) in [4.78, 5) is 11.0. The molecule has 0 saturated carbocycles. The Bertz CT molecular complexity index is 1050. The Morgan fingerprint density at radius 1 is 1.19 bits per heavy atom. The van der Waals surface area contributed by atoms with Gasteiger partial charge in [0, 0.05) is 10.7 Å². The molecular formula is C17H14BrN3O4S. The zero-order valence-corrected chi connectivity index (χ0v) is 15.7. The molecule has 0 bridgehead atoms. The van der Waals surface area contributed by atoms with Gasteiger partial charge in [0.1, 0.15) is 0 Å². The Morgan fingerprint density at radius 2 is 1.92 bits per heavy atom. The van der Waals surface area contributed by atoms with Crippen LogP contribution in [0.1, 0.15) is 15.9 Å². The van der Waals surface area contributed by atoms with Gasteiger partial charge in [0.25, 0.3) is 10.0 Å². The molecule has 3 aromatic rings. The highest BCUT2D eigenvalue weighted by atomic mass is 79.9. The monoisotopic (exact) mass is 435 g/mol. The normalized spacial score (nSPS) is 11.3. The van der Waals surface area contributed by atoms with Gasteiger partial charge in [-0.15, -0.1) is 0 Å². The molecule has 0 fully saturated rings. The fourth-order valence-electron chi connectivity index (χ4n) is 2.32. The number of halogens is 1. The van der Waals surface area contributed by atoms with Gasteiger partial charge in [-0.05, 0) is 39.7 Å². The molecule has 0 radical (unpaired) electrons. The van der Waals surface area contributed by atoms with Gasteiger partial charge in [-0.25, -0.2) is 13.2 Å². The molecule has 1 heterocycles. The lowest BCUT2D eigenvalue weighted by Gasteiger charge is -2.07. The van der Waals surface area contributed by atoms with E-state index in [2.05, 4.69) is 25.8 Å². The first-order valence-corrected chi connectivity index (χ1v) is 9.75. The first kappa shape index (κ1) is 18.2. The van der Waals surface area contributed by atoms with Crippen LogP contribution in [-0.2, 0) is 16.6 Å². The molecule has 9 heteroatoms. The zero-order chi connectivity index (χ0) is 18.7. The summed E-state index contributed by atoms with van der Waals surface area (Å²) in [6, 6.07) is 13.4. The molecule has 2 N–H and O–H groups in total. The minimum atomic E-state index is -3.93. The molecule has 3 rings (SSSR count). The Kier molecular flexibility index (Phi) is 5.10. The maximum atomic E-state index is 12.5. The van der Waals surface area contributed by atoms with Crippen LogP contribution in [0.4, 0.5) is 5.69 Å². The van der Waals surface area contributed by atoms with E-state index in [0.717, 1.165) is 11.6 Å². The number of sulfonamides is 1. The molecule has 134 valence electrons. The number of aromatic nitrogens is 2. The van der Waals surface area contributed by atoms with Crippen molar-refractivity contribution in [1.82, 2.24) is 9.78 Å². The lowest BCUT2D eigenvalue weighted by atomic mass is 10.2. The van der Waals surface area contributed by atoms with E-state index in [4.69, 9.17) is 5.11 Å². The second kappa shape index (κ2) is 7.30. The summed E-state index contributed by atoms with van der Waals surface area (Å²) < 4.78 is 29.3. The van der Waals surface area contributed by atoms with Gasteiger partial charge in [0.2, 0.25) is 0 Å². The highest BCUT2D eigenvalue weighted by Crippen LogP contribution is 2.23. The molecular weight excluding hydrogens is 422 g/mol. The number of carbonyl (C=O) groups is 1. The van der Waals surface area contributed by atoms with Crippen molar-refractivity contribution in [3.8, 4) is 0 Å². The van der Waals surface area contributed by atoms with Crippen molar-refractivity contribution in [1.29, 1.82) is 0 Å². The highest BCUT2D eigenvalue weighted by molar-refractivity contribution is 9.10. The van der Waals surface area contributed by atoms with E-state index in [1.165, 1.54) is 18.3 Å². The van der Waals surface area contributed by atoms with E-state index in [0.29, 0.717) is 16.7 Å². The fraction of sp³-hybridized carbons (Fsp3) is 0.0588. The molecule has 0 aliphatic heterocycles. The van der Waals surface area contributed by atoms with Crippen LogP contribution in [0.2, 0.25) is 0 Å². The average molecular weight is 436 g/mol. The second-order valence-electron chi connectivity index (χ2n) is 5.46. The quantitative estimate of drug-likeness (QED) is 0.618. The van der Waals surface area contributed by atoms with Gasteiger partial charge in [-0.1, -0.05) is 30.3 Å². The summed E-state index contributed by atoms with van der Waals surface area (Å²) in [6.07, 6.45) is 2.97. The summed E-state index contributed by atoms with van der Waals surface area (Å²) in [5, 5.41) is 13.3. The summed E-state index contributed by atoms with van der Waals surface area (Å²) in [7, 11) is -3.93. The van der Waals surface area contributed by atoms with E-state index >= 15 is 0 Å². The highest BCUT2D eigenvalue weighted by Gasteiger charge is 2.19. The Hall–Kier alpha value is -2.65. The predicted octanol–water partition coefficient (Wildman–Crippen LogP) is 3.19. The molecule has 0 amide bonds. The van der Waals surface area contributed by atoms with Crippen molar-refractivity contribution in [3.63, 3.8) is 0 Å². The van der Waals surface area contributed by atoms with Gasteiger partial charge in [-0.2, -0.15) is 5.10 Å². The summed E-state index contributed by atoms with van der Waals surface area (Å²) in [6.45, 7) is 0.504. The summed E-state index contributed by atoms with van der Waals surface area (Å²) >= 11 is 3.09. The Labute approximate surface area is 158 Å². The van der Waals surface area contributed by atoms with E-state index in [9.17, 15) is 13.2 Å². The number of hydrogen-bond acceptors (Lipinski definition) is 4. The molecule has 1 aromatic heterocycles. The van der Waals surface area contributed by atoms with Crippen LogP contribution in [0.15, 0.2) is 70.3 Å². The molecule has 26 heavy (non-hydrogen) atoms. The number of nitrogens with zero attached hydrogens (tertiary/aromatic N) is 2. The lowest BCUT2D eigenvalue weighted by molar-refractivity contribution is 0.0695. The third kappa shape index (κ3) is 4.12. The molecule has 0 aliphatic carbocycles. The average Bonchev–Trinajstić information content (AvgIpc) is 3.01. The van der Waals surface area contributed by atoms with Gasteiger partial charge in [0.15, 0.2) is 0 Å². The number of nitrogens with one attached hydrogen (secondary N) is 1. The second-order valence-corrected chi connectivity index (χ2v) is 8.00. The van der Waals surface area contributed by atoms with Crippen LogP contribution in [0.5, 0.6) is 0 Å². The van der Waals surface area contributed by atoms with E-state index in [-0.39, 0.29) is 10.5 Å². The van der Waals surface area contributed by atoms with Crippen LogP contribution in [-0.4, -0.2) is 29.3 Å². The number of carboxylic acids is 1. The third-order valence-electron chi connectivity index (χ3n) is 3.55. The summed E-state index contributed by atoms with van der Waals surface area (Å²) in [5.41, 5.74) is 1.19. The van der Waals surface area contributed by atoms with Crippen molar-refractivity contribution >= 4 is 37.6 Å². The molecule has 0 unspecified atom stereocenters. The molecule has 0 aliphatic rings. The van der Waals surface area contributed by atoms with Crippen LogP contribution in [0, 0.1) is 0 Å². The van der Waals surface area contributed by atoms with Crippen molar-refractivity contribution in [2.75, 3.05) is 4.72 Å². The molecule has 7 nitrogen and oxygen atoms in total. The van der Waals surface area contributed by atoms with Gasteiger partial charge < -0.3 is 5.11 Å². The Morgan fingerprint density at radius 3 is 2.62 bits per heavy atom. The standard InChI is InChI=1S/C17H14BrN3O4S/c18-16-7-6-14(8-15(16)17(22)23)26(24,25)20-13-9-19-21(11-13)10-12-4-2-1-3-5-12/h1-9,11,20H,10H2,(H,22,23). The first-order chi connectivity index (χ1) is 12.3. The topological polar surface area (TPSA) is 101 Å². The molecule has 0 saturated heterocycles. The Balaban J connectivity index is 1.80. The largest absolute Gasteiger partial charge is 0.478 e. The zero-order valence-electron chi connectivity index (χ0n) is 13.3. The molecule has 0 spiro atoms. The smallest absolute Gasteiger partial charge is 0.336 e. The van der Waals surface area contributed by atoms with Crippen LogP contribution in [0.3, 0.4) is 0 Å². The number of carboxylic acid groups (broad SMARTS) is 1. The third-order valence-corrected chi connectivity index (χ3v) is 5.62. The first-order valence-electron chi connectivity index (χ1n) is 7.47. The minimum Gasteiger partial charge on any atom is -0.478 e. The van der Waals surface area contributed by atoms with Crippen molar-refractivity contribution in [2.45, 2.75) is 11.4 Å². The van der Waals surface area contributed by atoms with Crippen LogP contribution < -0.4 is 4.72 Å². The van der Waals surface area contributed by atoms with Crippen molar-refractivity contribution in [3.05, 3.63) is 76.5 Å². The number of hydrogen-bond donors (Lipinski definition) is 2. The molecule has 2 aromatic carbocycles. The van der Waals surface area contributed by atoms with E-state index in [1.54, 1.807) is 10.9 Å². The predicted molar refractivity (Wildman–Crippen MR) is 99.7 cm³/mol. The maximum absolute atomic E-state index is 12.5. The van der Waals surface area contributed by atoms with Crippen LogP contribution >= 0.6 is 15.9 Å². The maximum Gasteiger partial charge on any atom is 0.336 e. The minimum absolute atomic E-state index is 0.132. The van der Waals surface area contributed by atoms with Crippen molar-refractivity contribution < 1.29 is 18.3 Å². The van der Waals surface area contributed by atoms with Gasteiger partial charge in [0.05, 0.1) is 28.9 Å².